The van der Waals surface area contributed by atoms with Gasteiger partial charge in [-0.25, -0.2) is 4.98 Å². The Morgan fingerprint density at radius 1 is 0.525 bits per heavy atom. The molecule has 0 aliphatic carbocycles. The van der Waals surface area contributed by atoms with Gasteiger partial charge in [-0.05, 0) is 82.3 Å². The molecule has 0 saturated carbocycles. The molecule has 0 amide bonds. The third kappa shape index (κ3) is 5.09. The molecule has 0 radical (unpaired) electrons. The molecule has 1 aliphatic rings. The number of hydrogen-bond donors (Lipinski definition) is 0. The Morgan fingerprint density at radius 2 is 1.19 bits per heavy atom. The van der Waals surface area contributed by atoms with Crippen molar-refractivity contribution in [2.75, 3.05) is 4.90 Å². The molecule has 59 heavy (non-hydrogen) atoms. The highest BCUT2D eigenvalue weighted by Gasteiger charge is 2.37. The summed E-state index contributed by atoms with van der Waals surface area (Å²) in [5.41, 5.74) is 15.2. The lowest BCUT2D eigenvalue weighted by Crippen LogP contribution is -2.30. The molecule has 0 saturated heterocycles. The molecular weight excluding hydrogens is 741 g/mol. The number of hydrogen-bond acceptors (Lipinski definition) is 5. The van der Waals surface area contributed by atoms with Gasteiger partial charge in [0.05, 0.1) is 28.1 Å². The van der Waals surface area contributed by atoms with Crippen LogP contribution >= 0.6 is 11.5 Å². The molecule has 12 rings (SSSR count). The van der Waals surface area contributed by atoms with Gasteiger partial charge in [0.25, 0.3) is 0 Å². The van der Waals surface area contributed by atoms with Crippen LogP contribution in [0.15, 0.2) is 186 Å². The van der Waals surface area contributed by atoms with E-state index in [0.717, 1.165) is 82.8 Å². The molecule has 1 aliphatic heterocycles. The molecule has 0 fully saturated rings. The largest absolute Gasteiger partial charge is 0.454 e. The number of furan rings is 1. The lowest BCUT2D eigenvalue weighted by Gasteiger charge is -2.42. The summed E-state index contributed by atoms with van der Waals surface area (Å²) in [6.45, 7) is 4.65. The van der Waals surface area contributed by atoms with E-state index in [9.17, 15) is 0 Å². The summed E-state index contributed by atoms with van der Waals surface area (Å²) in [6.07, 6.45) is 0. The second-order valence-corrected chi connectivity index (χ2v) is 16.6. The first kappa shape index (κ1) is 33.8. The van der Waals surface area contributed by atoms with E-state index in [-0.39, 0.29) is 5.41 Å². The van der Waals surface area contributed by atoms with Crippen molar-refractivity contribution in [2.24, 2.45) is 0 Å². The Kier molecular flexibility index (Phi) is 7.38. The van der Waals surface area contributed by atoms with Crippen molar-refractivity contribution in [1.82, 2.24) is 13.9 Å². The van der Waals surface area contributed by atoms with Crippen molar-refractivity contribution < 1.29 is 4.42 Å². The van der Waals surface area contributed by atoms with Crippen molar-refractivity contribution >= 4 is 72.3 Å². The first-order valence-electron chi connectivity index (χ1n) is 20.0. The first-order chi connectivity index (χ1) is 29.0. The van der Waals surface area contributed by atoms with Crippen LogP contribution in [0.1, 0.15) is 25.0 Å². The quantitative estimate of drug-likeness (QED) is 0.175. The summed E-state index contributed by atoms with van der Waals surface area (Å²) in [4.78, 5) is 7.70. The van der Waals surface area contributed by atoms with Crippen molar-refractivity contribution in [3.63, 3.8) is 0 Å². The van der Waals surface area contributed by atoms with Gasteiger partial charge in [0.15, 0.2) is 11.4 Å². The molecule has 11 aromatic rings. The predicted molar refractivity (Wildman–Crippen MR) is 245 cm³/mol. The van der Waals surface area contributed by atoms with Gasteiger partial charge in [0.2, 0.25) is 0 Å². The molecular formula is C53H36N4OS. The zero-order valence-electron chi connectivity index (χ0n) is 32.4. The average Bonchev–Trinajstić information content (AvgIpc) is 4.02. The van der Waals surface area contributed by atoms with E-state index in [0.29, 0.717) is 0 Å². The van der Waals surface area contributed by atoms with E-state index >= 15 is 0 Å². The minimum atomic E-state index is -0.206. The van der Waals surface area contributed by atoms with Gasteiger partial charge < -0.3 is 13.9 Å². The zero-order valence-corrected chi connectivity index (χ0v) is 33.2. The van der Waals surface area contributed by atoms with E-state index in [2.05, 4.69) is 193 Å². The maximum atomic E-state index is 6.56. The molecule has 0 atom stereocenters. The van der Waals surface area contributed by atoms with Crippen molar-refractivity contribution in [2.45, 2.75) is 19.3 Å². The Morgan fingerprint density at radius 3 is 2.07 bits per heavy atom. The highest BCUT2D eigenvalue weighted by Crippen LogP contribution is 2.53. The third-order valence-electron chi connectivity index (χ3n) is 12.2. The molecule has 6 heteroatoms. The summed E-state index contributed by atoms with van der Waals surface area (Å²) in [7, 11) is 0. The van der Waals surface area contributed by atoms with E-state index < -0.39 is 0 Å². The van der Waals surface area contributed by atoms with Crippen LogP contribution in [-0.2, 0) is 5.41 Å². The van der Waals surface area contributed by atoms with Gasteiger partial charge in [-0.3, -0.25) is 0 Å². The molecule has 8 aromatic carbocycles. The van der Waals surface area contributed by atoms with Crippen molar-refractivity contribution in [1.29, 1.82) is 0 Å². The Labute approximate surface area is 345 Å². The van der Waals surface area contributed by atoms with Gasteiger partial charge >= 0.3 is 0 Å². The summed E-state index contributed by atoms with van der Waals surface area (Å²) in [5, 5.41) is 5.41. The molecule has 0 bridgehead atoms. The minimum absolute atomic E-state index is 0.206. The average molecular weight is 777 g/mol. The Bertz CT molecular complexity index is 3430. The molecule has 0 N–H and O–H groups in total. The van der Waals surface area contributed by atoms with Crippen molar-refractivity contribution in [3.8, 4) is 38.8 Å². The molecule has 3 aromatic heterocycles. The van der Waals surface area contributed by atoms with Crippen LogP contribution in [0.3, 0.4) is 0 Å². The first-order valence-corrected chi connectivity index (χ1v) is 20.8. The van der Waals surface area contributed by atoms with Crippen LogP contribution in [-0.4, -0.2) is 13.9 Å². The predicted octanol–water partition coefficient (Wildman–Crippen LogP) is 14.6. The molecule has 0 spiro atoms. The smallest absolute Gasteiger partial charge is 0.173 e. The standard InChI is InChI=1S/C53H36N4OS/c1-53(2)41-20-8-10-22-44(41)56(36-29-26-34(27-30-36)33-14-4-3-5-15-33)47-32-35(28-31-42(47)53)51-54-52(59-55-51)40-19-13-23-45-49(40)39-17-6-9-21-43(39)57(45)46-24-12-18-38-37-16-7-11-25-48(37)58-50(38)46/h3-32H,1-2H3. The third-order valence-corrected chi connectivity index (χ3v) is 12.9. The summed E-state index contributed by atoms with van der Waals surface area (Å²) < 4.78 is 13.9. The van der Waals surface area contributed by atoms with Gasteiger partial charge in [0, 0.05) is 43.8 Å². The van der Waals surface area contributed by atoms with E-state index in [1.807, 2.05) is 12.1 Å². The fraction of sp³-hybridized carbons (Fsp3) is 0.0566. The Hall–Kier alpha value is -7.28. The fourth-order valence-corrected chi connectivity index (χ4v) is 10.1. The number of nitrogens with zero attached hydrogens (tertiary/aromatic N) is 4. The topological polar surface area (TPSA) is 47.1 Å². The minimum Gasteiger partial charge on any atom is -0.454 e. The van der Waals surface area contributed by atoms with Crippen LogP contribution in [0.4, 0.5) is 17.1 Å². The van der Waals surface area contributed by atoms with E-state index in [1.165, 1.54) is 39.5 Å². The van der Waals surface area contributed by atoms with Gasteiger partial charge in [-0.15, -0.1) is 0 Å². The number of para-hydroxylation sites is 4. The number of fused-ring (bicyclic) bond motifs is 8. The lowest BCUT2D eigenvalue weighted by molar-refractivity contribution is 0.632. The normalized spacial score (nSPS) is 13.4. The summed E-state index contributed by atoms with van der Waals surface area (Å²) in [5.74, 6) is 0.719. The number of benzene rings is 8. The maximum absolute atomic E-state index is 6.56. The van der Waals surface area contributed by atoms with Crippen LogP contribution in [0.25, 0.3) is 82.5 Å². The molecule has 0 unspecified atom stereocenters. The van der Waals surface area contributed by atoms with Crippen LogP contribution < -0.4 is 4.90 Å². The molecule has 4 heterocycles. The molecule has 280 valence electrons. The number of aromatic nitrogens is 3. The molecule has 5 nitrogen and oxygen atoms in total. The van der Waals surface area contributed by atoms with Crippen molar-refractivity contribution in [3.05, 3.63) is 193 Å². The second kappa shape index (κ2) is 12.9. The monoisotopic (exact) mass is 776 g/mol. The number of rotatable bonds is 5. The summed E-state index contributed by atoms with van der Waals surface area (Å²) >= 11 is 1.45. The van der Waals surface area contributed by atoms with E-state index in [4.69, 9.17) is 13.8 Å². The SMILES string of the molecule is CC1(C)c2ccccc2N(c2ccc(-c3ccccc3)cc2)c2cc(-c3nsc(-c4cccc5c4c4ccccc4n5-c4cccc5c4oc4ccccc45)n3)ccc21. The lowest BCUT2D eigenvalue weighted by atomic mass is 9.73. The highest BCUT2D eigenvalue weighted by molar-refractivity contribution is 7.09. The fourth-order valence-electron chi connectivity index (χ4n) is 9.38. The number of anilines is 3. The van der Waals surface area contributed by atoms with Gasteiger partial charge in [-0.2, -0.15) is 4.37 Å². The van der Waals surface area contributed by atoms with Gasteiger partial charge in [0.1, 0.15) is 10.6 Å². The zero-order chi connectivity index (χ0) is 39.2. The maximum Gasteiger partial charge on any atom is 0.173 e. The van der Waals surface area contributed by atoms with Gasteiger partial charge in [-0.1, -0.05) is 147 Å². The second-order valence-electron chi connectivity index (χ2n) is 15.8. The summed E-state index contributed by atoms with van der Waals surface area (Å²) in [6, 6.07) is 64.8. The van der Waals surface area contributed by atoms with E-state index in [1.54, 1.807) is 0 Å². The highest BCUT2D eigenvalue weighted by atomic mass is 32.1. The van der Waals surface area contributed by atoms with Crippen LogP contribution in [0.5, 0.6) is 0 Å². The van der Waals surface area contributed by atoms with Crippen LogP contribution in [0, 0.1) is 0 Å². The van der Waals surface area contributed by atoms with Crippen LogP contribution in [0.2, 0.25) is 0 Å². The Balaban J connectivity index is 0.990.